The van der Waals surface area contributed by atoms with Crippen molar-refractivity contribution in [3.63, 3.8) is 0 Å². The number of rotatable bonds is 9. The van der Waals surface area contributed by atoms with E-state index in [1.54, 1.807) is 11.8 Å². The molecule has 2 aromatic rings. The maximum absolute atomic E-state index is 13.1. The van der Waals surface area contributed by atoms with Gasteiger partial charge in [-0.05, 0) is 69.0 Å². The number of halogens is 1. The zero-order chi connectivity index (χ0) is 22.3. The Labute approximate surface area is 187 Å². The van der Waals surface area contributed by atoms with E-state index in [0.717, 1.165) is 27.6 Å². The van der Waals surface area contributed by atoms with Gasteiger partial charge in [-0.3, -0.25) is 9.59 Å². The molecule has 0 fully saturated rings. The number of nitrogens with zero attached hydrogens (tertiary/aromatic N) is 1. The summed E-state index contributed by atoms with van der Waals surface area (Å²) in [6.45, 7) is 9.84. The lowest BCUT2D eigenvalue weighted by molar-refractivity contribution is -0.142. The second kappa shape index (κ2) is 11.2. The first-order valence-corrected chi connectivity index (χ1v) is 11.0. The first-order chi connectivity index (χ1) is 14.2. The van der Waals surface area contributed by atoms with E-state index in [9.17, 15) is 9.59 Å². The molecule has 0 radical (unpaired) electrons. The van der Waals surface area contributed by atoms with Gasteiger partial charge in [0.1, 0.15) is 11.8 Å². The number of carbonyl (C=O) groups excluding carboxylic acids is 2. The molecular formula is C24H31BrN2O3. The number of benzene rings is 2. The molecule has 0 saturated heterocycles. The van der Waals surface area contributed by atoms with Crippen LogP contribution in [0, 0.1) is 13.8 Å². The minimum Gasteiger partial charge on any atom is -0.483 e. The molecule has 162 valence electrons. The van der Waals surface area contributed by atoms with Gasteiger partial charge in [0.05, 0.1) is 0 Å². The van der Waals surface area contributed by atoms with Gasteiger partial charge in [0.15, 0.2) is 6.61 Å². The molecule has 0 unspecified atom stereocenters. The average Bonchev–Trinajstić information content (AvgIpc) is 2.71. The van der Waals surface area contributed by atoms with Crippen LogP contribution in [0.1, 0.15) is 43.9 Å². The van der Waals surface area contributed by atoms with Crippen molar-refractivity contribution in [2.75, 3.05) is 6.61 Å². The van der Waals surface area contributed by atoms with E-state index in [1.165, 1.54) is 0 Å². The molecule has 0 aliphatic carbocycles. The van der Waals surface area contributed by atoms with Gasteiger partial charge < -0.3 is 15.0 Å². The maximum Gasteiger partial charge on any atom is 0.261 e. The van der Waals surface area contributed by atoms with Gasteiger partial charge in [-0.2, -0.15) is 0 Å². The number of carbonyl (C=O) groups is 2. The number of hydrogen-bond acceptors (Lipinski definition) is 3. The van der Waals surface area contributed by atoms with Crippen molar-refractivity contribution in [3.05, 3.63) is 63.6 Å². The first-order valence-electron chi connectivity index (χ1n) is 10.3. The van der Waals surface area contributed by atoms with Crippen LogP contribution >= 0.6 is 15.9 Å². The van der Waals surface area contributed by atoms with Crippen LogP contribution in [0.4, 0.5) is 0 Å². The normalized spacial score (nSPS) is 12.7. The summed E-state index contributed by atoms with van der Waals surface area (Å²) in [5, 5.41) is 2.97. The summed E-state index contributed by atoms with van der Waals surface area (Å²) in [5.41, 5.74) is 2.97. The molecular weight excluding hydrogens is 444 g/mol. The third-order valence-electron chi connectivity index (χ3n) is 5.11. The van der Waals surface area contributed by atoms with Crippen molar-refractivity contribution in [1.29, 1.82) is 0 Å². The van der Waals surface area contributed by atoms with Crippen LogP contribution in [0.5, 0.6) is 5.75 Å². The van der Waals surface area contributed by atoms with Gasteiger partial charge in [-0.15, -0.1) is 0 Å². The second-order valence-electron chi connectivity index (χ2n) is 7.70. The maximum atomic E-state index is 13.1. The highest BCUT2D eigenvalue weighted by Gasteiger charge is 2.27. The van der Waals surface area contributed by atoms with Crippen LogP contribution in [0.2, 0.25) is 0 Å². The fourth-order valence-electron chi connectivity index (χ4n) is 2.97. The Hall–Kier alpha value is -2.34. The van der Waals surface area contributed by atoms with Crippen LogP contribution < -0.4 is 10.1 Å². The van der Waals surface area contributed by atoms with Gasteiger partial charge in [-0.1, -0.05) is 47.1 Å². The molecule has 1 N–H and O–H groups in total. The Balaban J connectivity index is 2.19. The number of aryl methyl sites for hydroxylation is 2. The summed E-state index contributed by atoms with van der Waals surface area (Å²) in [6, 6.07) is 13.1. The molecule has 30 heavy (non-hydrogen) atoms. The molecule has 6 heteroatoms. The smallest absolute Gasteiger partial charge is 0.261 e. The van der Waals surface area contributed by atoms with E-state index in [2.05, 4.69) is 21.2 Å². The molecule has 0 aromatic heterocycles. The number of hydrogen-bond donors (Lipinski definition) is 1. The second-order valence-corrected chi connectivity index (χ2v) is 8.62. The van der Waals surface area contributed by atoms with Gasteiger partial charge in [0.25, 0.3) is 5.91 Å². The minimum atomic E-state index is -0.618. The molecule has 2 rings (SSSR count). The van der Waals surface area contributed by atoms with E-state index in [0.29, 0.717) is 12.3 Å². The van der Waals surface area contributed by atoms with Crippen molar-refractivity contribution in [3.8, 4) is 5.75 Å². The van der Waals surface area contributed by atoms with Crippen molar-refractivity contribution >= 4 is 27.7 Å². The topological polar surface area (TPSA) is 58.6 Å². The van der Waals surface area contributed by atoms with Crippen LogP contribution in [-0.4, -0.2) is 35.4 Å². The van der Waals surface area contributed by atoms with E-state index >= 15 is 0 Å². The zero-order valence-electron chi connectivity index (χ0n) is 18.4. The highest BCUT2D eigenvalue weighted by Crippen LogP contribution is 2.20. The molecule has 0 heterocycles. The predicted molar refractivity (Wildman–Crippen MR) is 123 cm³/mol. The van der Waals surface area contributed by atoms with Gasteiger partial charge in [0, 0.05) is 17.1 Å². The van der Waals surface area contributed by atoms with Crippen LogP contribution in [0.25, 0.3) is 0 Å². The molecule has 0 aliphatic heterocycles. The molecule has 0 aliphatic rings. The van der Waals surface area contributed by atoms with Crippen LogP contribution in [0.3, 0.4) is 0 Å². The molecule has 2 atom stereocenters. The lowest BCUT2D eigenvalue weighted by Gasteiger charge is -2.29. The van der Waals surface area contributed by atoms with E-state index in [-0.39, 0.29) is 24.5 Å². The largest absolute Gasteiger partial charge is 0.483 e. The first kappa shape index (κ1) is 23.9. The standard InChI is InChI=1S/C24H31BrN2O3/c1-6-18(4)26-24(29)19(5)27(14-20-8-7-9-21(25)13-20)23(28)15-30-22-12-16(2)10-11-17(22)3/h7-13,18-19H,6,14-15H2,1-5H3,(H,26,29)/t18-,19-/m0/s1. The summed E-state index contributed by atoms with van der Waals surface area (Å²) in [7, 11) is 0. The lowest BCUT2D eigenvalue weighted by atomic mass is 10.1. The molecule has 0 bridgehead atoms. The highest BCUT2D eigenvalue weighted by molar-refractivity contribution is 9.10. The highest BCUT2D eigenvalue weighted by atomic mass is 79.9. The summed E-state index contributed by atoms with van der Waals surface area (Å²) >= 11 is 3.47. The number of amides is 2. The quantitative estimate of drug-likeness (QED) is 0.568. The third kappa shape index (κ3) is 6.87. The SMILES string of the molecule is CC[C@H](C)NC(=O)[C@H](C)N(Cc1cccc(Br)c1)C(=O)COc1cc(C)ccc1C. The Morgan fingerprint density at radius 2 is 1.87 bits per heavy atom. The Morgan fingerprint density at radius 3 is 2.53 bits per heavy atom. The fourth-order valence-corrected chi connectivity index (χ4v) is 3.41. The Kier molecular flexibility index (Phi) is 8.90. The Morgan fingerprint density at radius 1 is 1.13 bits per heavy atom. The van der Waals surface area contributed by atoms with Crippen molar-refractivity contribution in [2.24, 2.45) is 0 Å². The molecule has 0 spiro atoms. The molecule has 2 amide bonds. The summed E-state index contributed by atoms with van der Waals surface area (Å²) in [6.07, 6.45) is 0.827. The monoisotopic (exact) mass is 474 g/mol. The number of ether oxygens (including phenoxy) is 1. The summed E-state index contributed by atoms with van der Waals surface area (Å²) < 4.78 is 6.75. The lowest BCUT2D eigenvalue weighted by Crippen LogP contribution is -2.50. The van der Waals surface area contributed by atoms with Crippen molar-refractivity contribution < 1.29 is 14.3 Å². The summed E-state index contributed by atoms with van der Waals surface area (Å²) in [4.78, 5) is 27.4. The number of nitrogens with one attached hydrogen (secondary N) is 1. The average molecular weight is 475 g/mol. The van der Waals surface area contributed by atoms with E-state index in [4.69, 9.17) is 4.74 Å². The minimum absolute atomic E-state index is 0.0500. The van der Waals surface area contributed by atoms with Crippen molar-refractivity contribution in [2.45, 2.75) is 59.7 Å². The van der Waals surface area contributed by atoms with E-state index in [1.807, 2.05) is 70.2 Å². The fraction of sp³-hybridized carbons (Fsp3) is 0.417. The van der Waals surface area contributed by atoms with E-state index < -0.39 is 6.04 Å². The van der Waals surface area contributed by atoms with Gasteiger partial charge >= 0.3 is 0 Å². The Bertz CT molecular complexity index is 885. The molecule has 5 nitrogen and oxygen atoms in total. The van der Waals surface area contributed by atoms with Crippen LogP contribution in [-0.2, 0) is 16.1 Å². The predicted octanol–water partition coefficient (Wildman–Crippen LogP) is 4.78. The molecule has 2 aromatic carbocycles. The van der Waals surface area contributed by atoms with Gasteiger partial charge in [0.2, 0.25) is 5.91 Å². The molecule has 0 saturated carbocycles. The van der Waals surface area contributed by atoms with Crippen molar-refractivity contribution in [1.82, 2.24) is 10.2 Å². The van der Waals surface area contributed by atoms with Crippen LogP contribution in [0.15, 0.2) is 46.9 Å². The zero-order valence-corrected chi connectivity index (χ0v) is 20.0. The van der Waals surface area contributed by atoms with Gasteiger partial charge in [-0.25, -0.2) is 0 Å². The summed E-state index contributed by atoms with van der Waals surface area (Å²) in [5.74, 6) is 0.282. The third-order valence-corrected chi connectivity index (χ3v) is 5.60.